The second-order valence-corrected chi connectivity index (χ2v) is 4.68. The van der Waals surface area contributed by atoms with E-state index in [1.165, 1.54) is 17.4 Å². The average Bonchev–Trinajstić information content (AvgIpc) is 2.73. The molecule has 0 aliphatic rings. The van der Waals surface area contributed by atoms with Gasteiger partial charge in [0.05, 0.1) is 0 Å². The number of allylic oxidation sites excluding steroid dienone is 1. The molecular weight excluding hydrogens is 246 g/mol. The molecule has 0 fully saturated rings. The molecule has 2 aromatic rings. The number of imidazole rings is 1. The highest BCUT2D eigenvalue weighted by molar-refractivity contribution is 7.15. The molecule has 0 atom stereocenters. The van der Waals surface area contributed by atoms with Gasteiger partial charge in [0.25, 0.3) is 0 Å². The number of ketones is 1. The zero-order chi connectivity index (χ0) is 11.7. The van der Waals surface area contributed by atoms with Gasteiger partial charge in [-0.15, -0.1) is 11.3 Å². The van der Waals surface area contributed by atoms with E-state index in [4.69, 9.17) is 11.6 Å². The number of rotatable bonds is 3. The molecule has 0 amide bonds. The largest absolute Gasteiger partial charge is 0.383 e. The highest BCUT2D eigenvalue weighted by Gasteiger charge is 2.16. The smallest absolute Gasteiger partial charge is 0.207 e. The summed E-state index contributed by atoms with van der Waals surface area (Å²) >= 11 is 7.37. The zero-order valence-corrected chi connectivity index (χ0v) is 10.4. The number of hydrogen-bond donors (Lipinski definition) is 0. The molecule has 0 bridgehead atoms. The monoisotopic (exact) mass is 255 g/mol. The van der Waals surface area contributed by atoms with E-state index in [2.05, 4.69) is 4.98 Å². The quantitative estimate of drug-likeness (QED) is 0.624. The number of fused-ring (bicyclic) bond motifs is 1. The van der Waals surface area contributed by atoms with Crippen molar-refractivity contribution < 1.29 is 4.79 Å². The molecule has 0 aliphatic carbocycles. The number of nitrogens with zero attached hydrogens (tertiary/aromatic N) is 3. The standard InChI is InChI=1S/C10H10ClN3OS/c1-13(2)4-3-7(15)8-9(11)12-10-14(8)5-6-16-10/h3-6H,1-2H3/b4-3+. The van der Waals surface area contributed by atoms with Crippen LogP contribution in [0.4, 0.5) is 0 Å². The van der Waals surface area contributed by atoms with Crippen molar-refractivity contribution in [2.24, 2.45) is 0 Å². The topological polar surface area (TPSA) is 37.6 Å². The van der Waals surface area contributed by atoms with Gasteiger partial charge >= 0.3 is 0 Å². The number of carbonyl (C=O) groups is 1. The molecule has 2 aromatic heterocycles. The summed E-state index contributed by atoms with van der Waals surface area (Å²) < 4.78 is 1.70. The van der Waals surface area contributed by atoms with Crippen molar-refractivity contribution in [3.63, 3.8) is 0 Å². The number of thiazole rings is 1. The number of aromatic nitrogens is 2. The molecule has 4 nitrogen and oxygen atoms in total. The van der Waals surface area contributed by atoms with Gasteiger partial charge in [-0.1, -0.05) is 11.6 Å². The van der Waals surface area contributed by atoms with Crippen LogP contribution in [0.3, 0.4) is 0 Å². The van der Waals surface area contributed by atoms with E-state index in [-0.39, 0.29) is 10.9 Å². The van der Waals surface area contributed by atoms with E-state index >= 15 is 0 Å². The third-order valence-electron chi connectivity index (χ3n) is 1.98. The fourth-order valence-corrected chi connectivity index (χ4v) is 2.30. The lowest BCUT2D eigenvalue weighted by Crippen LogP contribution is -2.04. The van der Waals surface area contributed by atoms with Gasteiger partial charge in [-0.25, -0.2) is 4.98 Å². The number of carbonyl (C=O) groups excluding carboxylic acids is 1. The molecule has 6 heteroatoms. The maximum absolute atomic E-state index is 11.9. The van der Waals surface area contributed by atoms with Crippen molar-refractivity contribution in [2.45, 2.75) is 0 Å². The summed E-state index contributed by atoms with van der Waals surface area (Å²) in [4.78, 5) is 18.5. The molecule has 0 radical (unpaired) electrons. The van der Waals surface area contributed by atoms with Crippen LogP contribution in [0.15, 0.2) is 23.9 Å². The molecule has 0 aromatic carbocycles. The molecule has 0 aliphatic heterocycles. The summed E-state index contributed by atoms with van der Waals surface area (Å²) in [6.45, 7) is 0. The van der Waals surface area contributed by atoms with Gasteiger partial charge in [0.15, 0.2) is 10.1 Å². The van der Waals surface area contributed by atoms with Crippen LogP contribution in [-0.4, -0.2) is 34.2 Å². The second kappa shape index (κ2) is 4.27. The minimum Gasteiger partial charge on any atom is -0.383 e. The third kappa shape index (κ3) is 1.96. The van der Waals surface area contributed by atoms with E-state index in [1.54, 1.807) is 21.7 Å². The maximum Gasteiger partial charge on any atom is 0.207 e. The SMILES string of the molecule is CN(C)/C=C/C(=O)c1c(Cl)nc2sccn12. The Labute approximate surface area is 102 Å². The Bertz CT molecular complexity index is 555. The van der Waals surface area contributed by atoms with Crippen molar-refractivity contribution in [3.05, 3.63) is 34.7 Å². The summed E-state index contributed by atoms with van der Waals surface area (Å²) in [6, 6.07) is 0. The van der Waals surface area contributed by atoms with Crippen LogP contribution in [0, 0.1) is 0 Å². The van der Waals surface area contributed by atoms with Crippen molar-refractivity contribution >= 4 is 33.7 Å². The highest BCUT2D eigenvalue weighted by atomic mass is 35.5. The summed E-state index contributed by atoms with van der Waals surface area (Å²) in [5, 5.41) is 2.12. The predicted molar refractivity (Wildman–Crippen MR) is 65.2 cm³/mol. The Hall–Kier alpha value is -1.33. The summed E-state index contributed by atoms with van der Waals surface area (Å²) in [6.07, 6.45) is 4.95. The molecular formula is C10H10ClN3OS. The summed E-state index contributed by atoms with van der Waals surface area (Å²) in [5.74, 6) is -0.149. The van der Waals surface area contributed by atoms with Gasteiger partial charge in [-0.2, -0.15) is 0 Å². The molecule has 0 spiro atoms. The maximum atomic E-state index is 11.9. The van der Waals surface area contributed by atoms with E-state index < -0.39 is 0 Å². The van der Waals surface area contributed by atoms with Crippen molar-refractivity contribution in [1.82, 2.24) is 14.3 Å². The number of hydrogen-bond acceptors (Lipinski definition) is 4. The van der Waals surface area contributed by atoms with Crippen LogP contribution in [0.2, 0.25) is 5.15 Å². The van der Waals surface area contributed by atoms with E-state index in [1.807, 2.05) is 19.5 Å². The Morgan fingerprint density at radius 2 is 2.38 bits per heavy atom. The highest BCUT2D eigenvalue weighted by Crippen LogP contribution is 2.21. The van der Waals surface area contributed by atoms with Crippen molar-refractivity contribution in [2.75, 3.05) is 14.1 Å². The summed E-state index contributed by atoms with van der Waals surface area (Å²) in [5.41, 5.74) is 0.413. The lowest BCUT2D eigenvalue weighted by atomic mass is 10.3. The molecule has 2 heterocycles. The van der Waals surface area contributed by atoms with Gasteiger partial charge < -0.3 is 4.90 Å². The first-order chi connectivity index (χ1) is 7.59. The molecule has 16 heavy (non-hydrogen) atoms. The summed E-state index contributed by atoms with van der Waals surface area (Å²) in [7, 11) is 3.70. The van der Waals surface area contributed by atoms with Crippen LogP contribution in [0.25, 0.3) is 4.96 Å². The molecule has 2 rings (SSSR count). The first-order valence-corrected chi connectivity index (χ1v) is 5.85. The Morgan fingerprint density at radius 1 is 1.62 bits per heavy atom. The Kier molecular flexibility index (Phi) is 2.98. The van der Waals surface area contributed by atoms with E-state index in [9.17, 15) is 4.79 Å². The fourth-order valence-electron chi connectivity index (χ4n) is 1.28. The normalized spacial score (nSPS) is 11.4. The average molecular weight is 256 g/mol. The van der Waals surface area contributed by atoms with E-state index in [0.717, 1.165) is 4.96 Å². The van der Waals surface area contributed by atoms with Gasteiger partial charge in [0.1, 0.15) is 5.69 Å². The first kappa shape index (κ1) is 11.2. The zero-order valence-electron chi connectivity index (χ0n) is 8.85. The van der Waals surface area contributed by atoms with Crippen LogP contribution in [0.5, 0.6) is 0 Å². The Morgan fingerprint density at radius 3 is 3.06 bits per heavy atom. The molecule has 0 saturated carbocycles. The van der Waals surface area contributed by atoms with Gasteiger partial charge in [-0.3, -0.25) is 9.20 Å². The molecule has 0 saturated heterocycles. The van der Waals surface area contributed by atoms with Gasteiger partial charge in [0.2, 0.25) is 5.78 Å². The van der Waals surface area contributed by atoms with Gasteiger partial charge in [-0.05, 0) is 0 Å². The van der Waals surface area contributed by atoms with Crippen molar-refractivity contribution in [1.29, 1.82) is 0 Å². The third-order valence-corrected chi connectivity index (χ3v) is 3.00. The van der Waals surface area contributed by atoms with Crippen LogP contribution in [0.1, 0.15) is 10.5 Å². The molecule has 0 N–H and O–H groups in total. The minimum absolute atomic E-state index is 0.149. The lowest BCUT2D eigenvalue weighted by Gasteiger charge is -2.02. The fraction of sp³-hybridized carbons (Fsp3) is 0.200. The first-order valence-electron chi connectivity index (χ1n) is 4.59. The van der Waals surface area contributed by atoms with E-state index in [0.29, 0.717) is 5.69 Å². The number of halogens is 1. The van der Waals surface area contributed by atoms with Crippen LogP contribution in [-0.2, 0) is 0 Å². The van der Waals surface area contributed by atoms with Gasteiger partial charge in [0, 0.05) is 37.9 Å². The van der Waals surface area contributed by atoms with Crippen LogP contribution < -0.4 is 0 Å². The lowest BCUT2D eigenvalue weighted by molar-refractivity contribution is 0.104. The predicted octanol–water partition coefficient (Wildman–Crippen LogP) is 2.31. The van der Waals surface area contributed by atoms with Crippen molar-refractivity contribution in [3.8, 4) is 0 Å². The molecule has 0 unspecified atom stereocenters. The van der Waals surface area contributed by atoms with Crippen LogP contribution >= 0.6 is 22.9 Å². The Balaban J connectivity index is 2.42. The molecule has 84 valence electrons. The second-order valence-electron chi connectivity index (χ2n) is 3.45. The minimum atomic E-state index is -0.149.